The number of rotatable bonds is 1. The van der Waals surface area contributed by atoms with E-state index in [9.17, 15) is 0 Å². The van der Waals surface area contributed by atoms with E-state index in [0.29, 0.717) is 10.7 Å². The van der Waals surface area contributed by atoms with E-state index in [1.807, 2.05) is 39.8 Å². The average Bonchev–Trinajstić information content (AvgIpc) is 2.98. The van der Waals surface area contributed by atoms with Crippen LogP contribution in [0, 0.1) is 13.1 Å². The molecule has 0 amide bonds. The van der Waals surface area contributed by atoms with Gasteiger partial charge >= 0.3 is 12.9 Å². The predicted octanol–water partition coefficient (Wildman–Crippen LogP) is 1.20. The van der Waals surface area contributed by atoms with Crippen molar-refractivity contribution in [1.82, 2.24) is 0 Å². The molecule has 0 saturated carbocycles. The molecule has 0 bridgehead atoms. The first-order valence-electron chi connectivity index (χ1n) is 7.20. The lowest BCUT2D eigenvalue weighted by Crippen LogP contribution is -2.41. The number of nitrogens with zero attached hydrogens (tertiary/aromatic N) is 4. The quantitative estimate of drug-likeness (QED) is 0.578. The van der Waals surface area contributed by atoms with Gasteiger partial charge in [0, 0.05) is 0 Å². The topological polar surface area (TPSA) is 51.9 Å². The van der Waals surface area contributed by atoms with Gasteiger partial charge in [0.2, 0.25) is 5.82 Å². The Morgan fingerprint density at radius 2 is 1.57 bits per heavy atom. The van der Waals surface area contributed by atoms with Crippen LogP contribution in [-0.2, 0) is 9.31 Å². The second-order valence-electron chi connectivity index (χ2n) is 6.43. The first-order chi connectivity index (χ1) is 10.8. The molecule has 0 spiro atoms. The SMILES string of the molecule is [C-]#[N+]C([N+]#[C-])=C1N=c2ccc(B3OC(C)(C)C(C)(C)O3)cc2=N1. The van der Waals surface area contributed by atoms with Crippen LogP contribution < -0.4 is 16.2 Å². The van der Waals surface area contributed by atoms with Crippen molar-refractivity contribution in [2.75, 3.05) is 0 Å². The summed E-state index contributed by atoms with van der Waals surface area (Å²) in [6, 6.07) is 5.51. The number of fused-ring (bicyclic) bond motifs is 1. The molecule has 0 N–H and O–H groups in total. The van der Waals surface area contributed by atoms with Crippen LogP contribution in [0.1, 0.15) is 27.7 Å². The molecule has 0 aliphatic carbocycles. The molecule has 7 heteroatoms. The van der Waals surface area contributed by atoms with E-state index in [1.54, 1.807) is 6.07 Å². The number of benzene rings is 1. The van der Waals surface area contributed by atoms with Crippen molar-refractivity contribution in [1.29, 1.82) is 0 Å². The molecule has 2 heterocycles. The third-order valence-corrected chi connectivity index (χ3v) is 4.39. The van der Waals surface area contributed by atoms with E-state index < -0.39 is 18.3 Å². The Labute approximate surface area is 134 Å². The largest absolute Gasteiger partial charge is 0.564 e. The Kier molecular flexibility index (Phi) is 3.37. The molecule has 3 rings (SSSR count). The second-order valence-corrected chi connectivity index (χ2v) is 6.43. The Morgan fingerprint density at radius 3 is 2.13 bits per heavy atom. The lowest BCUT2D eigenvalue weighted by Gasteiger charge is -2.32. The van der Waals surface area contributed by atoms with Gasteiger partial charge < -0.3 is 9.31 Å². The highest BCUT2D eigenvalue weighted by molar-refractivity contribution is 6.62. The molecular formula is C16H15BN4O2. The first kappa shape index (κ1) is 15.4. The van der Waals surface area contributed by atoms with Crippen LogP contribution in [-0.4, -0.2) is 18.3 Å². The van der Waals surface area contributed by atoms with Gasteiger partial charge in [-0.15, -0.1) is 0 Å². The van der Waals surface area contributed by atoms with Crippen LogP contribution >= 0.6 is 0 Å². The lowest BCUT2D eigenvalue weighted by atomic mass is 9.79. The smallest absolute Gasteiger partial charge is 0.399 e. The third-order valence-electron chi connectivity index (χ3n) is 4.39. The molecule has 1 aromatic rings. The summed E-state index contributed by atoms with van der Waals surface area (Å²) in [7, 11) is -0.477. The summed E-state index contributed by atoms with van der Waals surface area (Å²) in [6.07, 6.45) is 0. The van der Waals surface area contributed by atoms with Crippen molar-refractivity contribution >= 4 is 12.6 Å². The molecular weight excluding hydrogens is 291 g/mol. The maximum atomic E-state index is 6.99. The van der Waals surface area contributed by atoms with Crippen molar-refractivity contribution < 1.29 is 9.31 Å². The Balaban J connectivity index is 2.02. The van der Waals surface area contributed by atoms with Crippen LogP contribution in [0.3, 0.4) is 0 Å². The van der Waals surface area contributed by atoms with E-state index in [2.05, 4.69) is 19.7 Å². The van der Waals surface area contributed by atoms with Gasteiger partial charge in [0.25, 0.3) is 0 Å². The van der Waals surface area contributed by atoms with E-state index in [1.165, 1.54) is 0 Å². The summed E-state index contributed by atoms with van der Waals surface area (Å²) in [6.45, 7) is 22.0. The molecule has 0 aromatic heterocycles. The van der Waals surface area contributed by atoms with Gasteiger partial charge in [0.05, 0.1) is 21.9 Å². The van der Waals surface area contributed by atoms with Gasteiger partial charge in [-0.2, -0.15) is 9.69 Å². The summed E-state index contributed by atoms with van der Waals surface area (Å²) >= 11 is 0. The van der Waals surface area contributed by atoms with E-state index in [-0.39, 0.29) is 11.6 Å². The lowest BCUT2D eigenvalue weighted by molar-refractivity contribution is 0.00578. The molecule has 0 unspecified atom stereocenters. The van der Waals surface area contributed by atoms with Crippen molar-refractivity contribution in [3.63, 3.8) is 0 Å². The predicted molar refractivity (Wildman–Crippen MR) is 84.7 cm³/mol. The van der Waals surface area contributed by atoms with E-state index >= 15 is 0 Å². The third kappa shape index (κ3) is 2.44. The molecule has 1 fully saturated rings. The fraction of sp³-hybridized carbons (Fsp3) is 0.375. The fourth-order valence-electron chi connectivity index (χ4n) is 2.33. The van der Waals surface area contributed by atoms with Crippen LogP contribution in [0.4, 0.5) is 0 Å². The molecule has 23 heavy (non-hydrogen) atoms. The molecule has 1 saturated heterocycles. The average molecular weight is 306 g/mol. The highest BCUT2D eigenvalue weighted by atomic mass is 16.7. The highest BCUT2D eigenvalue weighted by Crippen LogP contribution is 2.36. The molecule has 6 nitrogen and oxygen atoms in total. The zero-order valence-electron chi connectivity index (χ0n) is 13.4. The van der Waals surface area contributed by atoms with Crippen LogP contribution in [0.25, 0.3) is 9.69 Å². The van der Waals surface area contributed by atoms with Crippen LogP contribution in [0.2, 0.25) is 0 Å². The van der Waals surface area contributed by atoms with Gasteiger partial charge in [-0.3, -0.25) is 0 Å². The molecule has 114 valence electrons. The van der Waals surface area contributed by atoms with E-state index in [4.69, 9.17) is 22.5 Å². The van der Waals surface area contributed by atoms with Crippen LogP contribution in [0.5, 0.6) is 0 Å². The number of hydrogen-bond acceptors (Lipinski definition) is 4. The molecule has 0 radical (unpaired) electrons. The highest BCUT2D eigenvalue weighted by Gasteiger charge is 2.51. The fourth-order valence-corrected chi connectivity index (χ4v) is 2.33. The van der Waals surface area contributed by atoms with Gasteiger partial charge in [-0.1, -0.05) is 6.07 Å². The second kappa shape index (κ2) is 5.02. The zero-order chi connectivity index (χ0) is 16.8. The Morgan fingerprint density at radius 1 is 1.00 bits per heavy atom. The standard InChI is InChI=1S/C16H15BN4O2/c1-15(2)16(3,4)23-17(22-15)10-7-8-11-12(9-10)21-14(20-11)13(18-5)19-6/h7-9H,1-4H3. The monoisotopic (exact) mass is 306 g/mol. The normalized spacial score (nSPS) is 20.1. The Bertz CT molecular complexity index is 887. The molecule has 2 aliphatic heterocycles. The summed E-state index contributed by atoms with van der Waals surface area (Å²) in [5, 5.41) is 1.27. The summed E-state index contributed by atoms with van der Waals surface area (Å²) in [5.74, 6) is 0.0365. The summed E-state index contributed by atoms with van der Waals surface area (Å²) in [4.78, 5) is 14.8. The molecule has 0 atom stereocenters. The Hall–Kier alpha value is -2.48. The first-order valence-corrected chi connectivity index (χ1v) is 7.20. The van der Waals surface area contributed by atoms with Crippen molar-refractivity contribution in [2.45, 2.75) is 38.9 Å². The number of hydrogen-bond donors (Lipinski definition) is 0. The molecule has 2 aliphatic rings. The van der Waals surface area contributed by atoms with Crippen molar-refractivity contribution in [2.24, 2.45) is 9.98 Å². The summed E-state index contributed by atoms with van der Waals surface area (Å²) < 4.78 is 12.0. The van der Waals surface area contributed by atoms with Crippen molar-refractivity contribution in [3.05, 3.63) is 63.4 Å². The van der Waals surface area contributed by atoms with Gasteiger partial charge in [-0.05, 0) is 45.3 Å². The minimum atomic E-state index is -0.477. The molecule has 1 aromatic carbocycles. The minimum absolute atomic E-state index is 0.126. The van der Waals surface area contributed by atoms with Crippen molar-refractivity contribution in [3.8, 4) is 0 Å². The van der Waals surface area contributed by atoms with Gasteiger partial charge in [0.1, 0.15) is 13.1 Å². The summed E-state index contributed by atoms with van der Waals surface area (Å²) in [5.41, 5.74) is 0.0182. The van der Waals surface area contributed by atoms with Crippen LogP contribution in [0.15, 0.2) is 39.8 Å². The maximum absolute atomic E-state index is 6.99. The maximum Gasteiger partial charge on any atom is 0.564 e. The minimum Gasteiger partial charge on any atom is -0.399 e. The van der Waals surface area contributed by atoms with E-state index in [0.717, 1.165) is 5.46 Å². The zero-order valence-corrected chi connectivity index (χ0v) is 13.4. The van der Waals surface area contributed by atoms with Gasteiger partial charge in [-0.25, -0.2) is 9.98 Å². The van der Waals surface area contributed by atoms with Gasteiger partial charge in [0.15, 0.2) is 0 Å².